The van der Waals surface area contributed by atoms with Gasteiger partial charge in [-0.15, -0.1) is 0 Å². The van der Waals surface area contributed by atoms with Crippen molar-refractivity contribution in [1.29, 1.82) is 0 Å². The molecular formula is C14H15F2N3. The lowest BCUT2D eigenvalue weighted by Gasteiger charge is -2.11. The number of aryl methyl sites for hydroxylation is 1. The number of H-pyrrole nitrogens is 1. The number of hydrogen-bond acceptors (Lipinski definition) is 2. The van der Waals surface area contributed by atoms with E-state index in [1.165, 1.54) is 12.1 Å². The second kappa shape index (κ2) is 4.74. The average molecular weight is 263 g/mol. The van der Waals surface area contributed by atoms with Gasteiger partial charge in [-0.3, -0.25) is 5.10 Å². The predicted molar refractivity (Wildman–Crippen MR) is 68.7 cm³/mol. The first-order valence-electron chi connectivity index (χ1n) is 6.40. The summed E-state index contributed by atoms with van der Waals surface area (Å²) < 4.78 is 27.0. The summed E-state index contributed by atoms with van der Waals surface area (Å²) in [4.78, 5) is 0. The second-order valence-electron chi connectivity index (χ2n) is 4.88. The number of aromatic nitrogens is 2. The van der Waals surface area contributed by atoms with Crippen LogP contribution in [0.25, 0.3) is 11.1 Å². The SMILES string of the molecule is Cc1[nH]nc(C2CCCN2)c1-c1ccc(F)cc1F. The van der Waals surface area contributed by atoms with E-state index in [2.05, 4.69) is 15.5 Å². The molecule has 0 bridgehead atoms. The summed E-state index contributed by atoms with van der Waals surface area (Å²) in [5.41, 5.74) is 2.77. The first-order valence-corrected chi connectivity index (χ1v) is 6.40. The molecule has 2 N–H and O–H groups in total. The number of nitrogens with zero attached hydrogens (tertiary/aromatic N) is 1. The Morgan fingerprint density at radius 1 is 1.32 bits per heavy atom. The van der Waals surface area contributed by atoms with Gasteiger partial charge < -0.3 is 5.32 Å². The van der Waals surface area contributed by atoms with Crippen molar-refractivity contribution >= 4 is 0 Å². The fraction of sp³-hybridized carbons (Fsp3) is 0.357. The quantitative estimate of drug-likeness (QED) is 0.874. The van der Waals surface area contributed by atoms with Gasteiger partial charge in [0.15, 0.2) is 0 Å². The molecule has 0 saturated carbocycles. The van der Waals surface area contributed by atoms with Crippen molar-refractivity contribution in [3.05, 3.63) is 41.2 Å². The minimum atomic E-state index is -0.567. The molecule has 3 nitrogen and oxygen atoms in total. The van der Waals surface area contributed by atoms with Crippen LogP contribution < -0.4 is 5.32 Å². The minimum Gasteiger partial charge on any atom is -0.309 e. The van der Waals surface area contributed by atoms with Crippen LogP contribution in [0.2, 0.25) is 0 Å². The van der Waals surface area contributed by atoms with Gasteiger partial charge in [0, 0.05) is 22.9 Å². The minimum absolute atomic E-state index is 0.143. The summed E-state index contributed by atoms with van der Waals surface area (Å²) in [6.45, 7) is 2.80. The van der Waals surface area contributed by atoms with E-state index in [-0.39, 0.29) is 6.04 Å². The summed E-state index contributed by atoms with van der Waals surface area (Å²) in [7, 11) is 0. The molecular weight excluding hydrogens is 248 g/mol. The number of hydrogen-bond donors (Lipinski definition) is 2. The van der Waals surface area contributed by atoms with Crippen LogP contribution in [0, 0.1) is 18.6 Å². The molecule has 5 heteroatoms. The van der Waals surface area contributed by atoms with E-state index in [0.717, 1.165) is 42.4 Å². The number of halogens is 2. The van der Waals surface area contributed by atoms with Crippen LogP contribution in [0.4, 0.5) is 8.78 Å². The molecule has 1 saturated heterocycles. The molecule has 1 atom stereocenters. The van der Waals surface area contributed by atoms with E-state index in [1.807, 2.05) is 6.92 Å². The van der Waals surface area contributed by atoms with Crippen LogP contribution in [0.5, 0.6) is 0 Å². The van der Waals surface area contributed by atoms with Crippen LogP contribution in [0.3, 0.4) is 0 Å². The third-order valence-electron chi connectivity index (χ3n) is 3.57. The second-order valence-corrected chi connectivity index (χ2v) is 4.88. The molecule has 2 aromatic rings. The number of benzene rings is 1. The molecule has 19 heavy (non-hydrogen) atoms. The van der Waals surface area contributed by atoms with Gasteiger partial charge >= 0.3 is 0 Å². The van der Waals surface area contributed by atoms with Crippen LogP contribution >= 0.6 is 0 Å². The Morgan fingerprint density at radius 2 is 2.16 bits per heavy atom. The monoisotopic (exact) mass is 263 g/mol. The standard InChI is InChI=1S/C14H15F2N3/c1-8-13(10-5-4-9(15)7-11(10)16)14(19-18-8)12-3-2-6-17-12/h4-5,7,12,17H,2-3,6H2,1H3,(H,18,19). The van der Waals surface area contributed by atoms with Crippen molar-refractivity contribution in [2.24, 2.45) is 0 Å². The molecule has 0 aliphatic carbocycles. The molecule has 1 aliphatic heterocycles. The molecule has 0 amide bonds. The van der Waals surface area contributed by atoms with Gasteiger partial charge in [0.05, 0.1) is 11.7 Å². The average Bonchev–Trinajstić information content (AvgIpc) is 2.99. The normalized spacial score (nSPS) is 19.0. The maximum absolute atomic E-state index is 14.0. The third-order valence-corrected chi connectivity index (χ3v) is 3.57. The predicted octanol–water partition coefficient (Wildman–Crippen LogP) is 3.09. The summed E-state index contributed by atoms with van der Waals surface area (Å²) in [5, 5.41) is 10.5. The molecule has 3 rings (SSSR count). The molecule has 0 radical (unpaired) electrons. The third kappa shape index (κ3) is 2.14. The van der Waals surface area contributed by atoms with Gasteiger partial charge in [0.25, 0.3) is 0 Å². The maximum atomic E-state index is 14.0. The van der Waals surface area contributed by atoms with Crippen molar-refractivity contribution in [1.82, 2.24) is 15.5 Å². The van der Waals surface area contributed by atoms with Gasteiger partial charge in [-0.25, -0.2) is 8.78 Å². The van der Waals surface area contributed by atoms with Gasteiger partial charge in [-0.2, -0.15) is 5.10 Å². The van der Waals surface area contributed by atoms with Crippen molar-refractivity contribution in [2.45, 2.75) is 25.8 Å². The molecule has 2 heterocycles. The zero-order valence-corrected chi connectivity index (χ0v) is 10.6. The van der Waals surface area contributed by atoms with Crippen molar-refractivity contribution in [3.8, 4) is 11.1 Å². The van der Waals surface area contributed by atoms with Crippen molar-refractivity contribution in [2.75, 3.05) is 6.54 Å². The highest BCUT2D eigenvalue weighted by Crippen LogP contribution is 2.34. The summed E-state index contributed by atoms with van der Waals surface area (Å²) in [6, 6.07) is 3.80. The molecule has 100 valence electrons. The number of nitrogens with one attached hydrogen (secondary N) is 2. The summed E-state index contributed by atoms with van der Waals surface area (Å²) >= 11 is 0. The Bertz CT molecular complexity index is 601. The highest BCUT2D eigenvalue weighted by molar-refractivity contribution is 5.69. The highest BCUT2D eigenvalue weighted by Gasteiger charge is 2.25. The zero-order chi connectivity index (χ0) is 13.4. The Kier molecular flexibility index (Phi) is 3.06. The van der Waals surface area contributed by atoms with Crippen molar-refractivity contribution < 1.29 is 8.78 Å². The van der Waals surface area contributed by atoms with Gasteiger partial charge in [0.1, 0.15) is 11.6 Å². The van der Waals surface area contributed by atoms with E-state index in [0.29, 0.717) is 5.56 Å². The molecule has 1 unspecified atom stereocenters. The number of rotatable bonds is 2. The largest absolute Gasteiger partial charge is 0.309 e. The first kappa shape index (κ1) is 12.3. The van der Waals surface area contributed by atoms with Crippen LogP contribution in [0.1, 0.15) is 30.3 Å². The molecule has 1 aromatic heterocycles. The lowest BCUT2D eigenvalue weighted by molar-refractivity contribution is 0.584. The Morgan fingerprint density at radius 3 is 2.84 bits per heavy atom. The first-order chi connectivity index (χ1) is 9.16. The Hall–Kier alpha value is -1.75. The van der Waals surface area contributed by atoms with E-state index in [4.69, 9.17) is 0 Å². The fourth-order valence-electron chi connectivity index (χ4n) is 2.65. The van der Waals surface area contributed by atoms with Gasteiger partial charge in [0.2, 0.25) is 0 Å². The molecule has 0 spiro atoms. The van der Waals surface area contributed by atoms with Crippen LogP contribution in [-0.4, -0.2) is 16.7 Å². The summed E-state index contributed by atoms with van der Waals surface area (Å²) in [5.74, 6) is -1.12. The molecule has 1 aliphatic rings. The van der Waals surface area contributed by atoms with E-state index in [1.54, 1.807) is 0 Å². The lowest BCUT2D eigenvalue weighted by atomic mass is 9.98. The Balaban J connectivity index is 2.10. The highest BCUT2D eigenvalue weighted by atomic mass is 19.1. The van der Waals surface area contributed by atoms with E-state index >= 15 is 0 Å². The van der Waals surface area contributed by atoms with Gasteiger partial charge in [-0.05, 0) is 38.4 Å². The van der Waals surface area contributed by atoms with Crippen LogP contribution in [-0.2, 0) is 0 Å². The van der Waals surface area contributed by atoms with E-state index < -0.39 is 11.6 Å². The maximum Gasteiger partial charge on any atom is 0.134 e. The zero-order valence-electron chi connectivity index (χ0n) is 10.6. The molecule has 1 aromatic carbocycles. The fourth-order valence-corrected chi connectivity index (χ4v) is 2.65. The Labute approximate surface area is 110 Å². The van der Waals surface area contributed by atoms with E-state index in [9.17, 15) is 8.78 Å². The van der Waals surface area contributed by atoms with Gasteiger partial charge in [-0.1, -0.05) is 0 Å². The lowest BCUT2D eigenvalue weighted by Crippen LogP contribution is -2.14. The smallest absolute Gasteiger partial charge is 0.134 e. The number of aromatic amines is 1. The summed E-state index contributed by atoms with van der Waals surface area (Å²) in [6.07, 6.45) is 2.07. The van der Waals surface area contributed by atoms with Crippen molar-refractivity contribution in [3.63, 3.8) is 0 Å². The van der Waals surface area contributed by atoms with Crippen LogP contribution in [0.15, 0.2) is 18.2 Å². The topological polar surface area (TPSA) is 40.7 Å². The molecule has 1 fully saturated rings.